The third kappa shape index (κ3) is 3.58. The van der Waals surface area contributed by atoms with E-state index in [9.17, 15) is 0 Å². The van der Waals surface area contributed by atoms with Crippen molar-refractivity contribution >= 4 is 11.3 Å². The molecular weight excluding hydrogens is 268 g/mol. The van der Waals surface area contributed by atoms with Crippen LogP contribution in [-0.2, 0) is 6.61 Å². The van der Waals surface area contributed by atoms with E-state index in [1.54, 1.807) is 11.3 Å². The van der Waals surface area contributed by atoms with Crippen molar-refractivity contribution in [1.82, 2.24) is 4.98 Å². The number of aromatic nitrogens is 1. The number of rotatable bonds is 5. The summed E-state index contributed by atoms with van der Waals surface area (Å²) in [6.07, 6.45) is 0. The van der Waals surface area contributed by atoms with Gasteiger partial charge in [-0.2, -0.15) is 0 Å². The lowest BCUT2D eigenvalue weighted by Crippen LogP contribution is -2.06. The zero-order valence-corrected chi connectivity index (χ0v) is 13.3. The Morgan fingerprint density at radius 2 is 2.05 bits per heavy atom. The van der Waals surface area contributed by atoms with Crippen molar-refractivity contribution in [3.05, 3.63) is 45.4 Å². The molecule has 0 aliphatic carbocycles. The Morgan fingerprint density at radius 3 is 2.60 bits per heavy atom. The first-order valence-electron chi connectivity index (χ1n) is 6.92. The maximum Gasteiger partial charge on any atom is 0.140 e. The SMILES string of the molecule is Cc1cccc(OCc2nc(C(C)C)c(C(C)N)s2)c1. The lowest BCUT2D eigenvalue weighted by molar-refractivity contribution is 0.305. The Hall–Kier alpha value is -1.39. The fraction of sp³-hybridized carbons (Fsp3) is 0.438. The van der Waals surface area contributed by atoms with Gasteiger partial charge < -0.3 is 10.5 Å². The topological polar surface area (TPSA) is 48.1 Å². The van der Waals surface area contributed by atoms with Gasteiger partial charge in [0.1, 0.15) is 17.4 Å². The first kappa shape index (κ1) is 15.0. The average molecular weight is 290 g/mol. The molecule has 3 nitrogen and oxygen atoms in total. The van der Waals surface area contributed by atoms with Crippen LogP contribution in [0.25, 0.3) is 0 Å². The molecule has 1 unspecified atom stereocenters. The molecule has 2 rings (SSSR count). The summed E-state index contributed by atoms with van der Waals surface area (Å²) >= 11 is 1.66. The van der Waals surface area contributed by atoms with E-state index in [1.807, 2.05) is 25.1 Å². The minimum atomic E-state index is 0.0256. The molecule has 0 bridgehead atoms. The van der Waals surface area contributed by atoms with E-state index < -0.39 is 0 Å². The second kappa shape index (κ2) is 6.37. The molecule has 1 atom stereocenters. The van der Waals surface area contributed by atoms with Crippen LogP contribution in [-0.4, -0.2) is 4.98 Å². The Bertz CT molecular complexity index is 550. The highest BCUT2D eigenvalue weighted by atomic mass is 32.1. The summed E-state index contributed by atoms with van der Waals surface area (Å²) in [6.45, 7) is 8.85. The fourth-order valence-corrected chi connectivity index (χ4v) is 3.13. The van der Waals surface area contributed by atoms with Gasteiger partial charge in [-0.3, -0.25) is 0 Å². The quantitative estimate of drug-likeness (QED) is 0.899. The molecule has 2 aromatic rings. The summed E-state index contributed by atoms with van der Waals surface area (Å²) in [5.74, 6) is 1.27. The van der Waals surface area contributed by atoms with Crippen molar-refractivity contribution in [2.45, 2.75) is 46.3 Å². The van der Waals surface area contributed by atoms with E-state index >= 15 is 0 Å². The Morgan fingerprint density at radius 1 is 1.30 bits per heavy atom. The third-order valence-electron chi connectivity index (χ3n) is 3.04. The van der Waals surface area contributed by atoms with Gasteiger partial charge in [0.25, 0.3) is 0 Å². The van der Waals surface area contributed by atoms with Crippen molar-refractivity contribution in [2.24, 2.45) is 5.73 Å². The lowest BCUT2D eigenvalue weighted by Gasteiger charge is -2.07. The Labute approximate surface area is 124 Å². The monoisotopic (exact) mass is 290 g/mol. The number of benzene rings is 1. The van der Waals surface area contributed by atoms with Crippen molar-refractivity contribution in [2.75, 3.05) is 0 Å². The minimum Gasteiger partial charge on any atom is -0.486 e. The van der Waals surface area contributed by atoms with Gasteiger partial charge in [-0.05, 0) is 37.5 Å². The molecule has 1 aromatic heterocycles. The second-order valence-electron chi connectivity index (χ2n) is 5.41. The van der Waals surface area contributed by atoms with Gasteiger partial charge in [0.15, 0.2) is 0 Å². The van der Waals surface area contributed by atoms with Crippen LogP contribution >= 0.6 is 11.3 Å². The molecule has 1 aromatic carbocycles. The molecule has 0 aliphatic heterocycles. The molecule has 108 valence electrons. The van der Waals surface area contributed by atoms with Crippen LogP contribution in [0.4, 0.5) is 0 Å². The van der Waals surface area contributed by atoms with E-state index in [4.69, 9.17) is 10.5 Å². The number of aryl methyl sites for hydroxylation is 1. The number of thiazole rings is 1. The number of ether oxygens (including phenoxy) is 1. The number of nitrogens with two attached hydrogens (primary N) is 1. The fourth-order valence-electron chi connectivity index (χ4n) is 2.04. The van der Waals surface area contributed by atoms with E-state index in [-0.39, 0.29) is 6.04 Å². The highest BCUT2D eigenvalue weighted by Gasteiger charge is 2.17. The summed E-state index contributed by atoms with van der Waals surface area (Å²) < 4.78 is 5.81. The van der Waals surface area contributed by atoms with Crippen LogP contribution in [0.2, 0.25) is 0 Å². The molecule has 1 heterocycles. The summed E-state index contributed by atoms with van der Waals surface area (Å²) in [4.78, 5) is 5.85. The Balaban J connectivity index is 2.12. The second-order valence-corrected chi connectivity index (χ2v) is 6.52. The van der Waals surface area contributed by atoms with Crippen LogP contribution in [0.3, 0.4) is 0 Å². The lowest BCUT2D eigenvalue weighted by atomic mass is 10.1. The molecule has 0 saturated carbocycles. The predicted molar refractivity (Wildman–Crippen MR) is 84.3 cm³/mol. The van der Waals surface area contributed by atoms with Gasteiger partial charge in [0.2, 0.25) is 0 Å². The van der Waals surface area contributed by atoms with Crippen LogP contribution in [0.1, 0.15) is 53.9 Å². The predicted octanol–water partition coefficient (Wildman–Crippen LogP) is 4.17. The van der Waals surface area contributed by atoms with E-state index in [2.05, 4.69) is 31.8 Å². The molecular formula is C16H22N2OS. The summed E-state index contributed by atoms with van der Waals surface area (Å²) in [5, 5.41) is 0.988. The molecule has 0 fully saturated rings. The van der Waals surface area contributed by atoms with E-state index in [0.29, 0.717) is 12.5 Å². The highest BCUT2D eigenvalue weighted by Crippen LogP contribution is 2.30. The van der Waals surface area contributed by atoms with Crippen LogP contribution < -0.4 is 10.5 Å². The molecule has 4 heteroatoms. The molecule has 2 N–H and O–H groups in total. The smallest absolute Gasteiger partial charge is 0.140 e. The Kier molecular flexibility index (Phi) is 4.78. The molecule has 0 spiro atoms. The first-order chi connectivity index (χ1) is 9.47. The maximum absolute atomic E-state index is 6.02. The van der Waals surface area contributed by atoms with Crippen LogP contribution in [0.15, 0.2) is 24.3 Å². The van der Waals surface area contributed by atoms with Gasteiger partial charge in [0, 0.05) is 10.9 Å². The van der Waals surface area contributed by atoms with Gasteiger partial charge in [-0.1, -0.05) is 26.0 Å². The zero-order valence-electron chi connectivity index (χ0n) is 12.5. The van der Waals surface area contributed by atoms with Crippen molar-refractivity contribution in [3.8, 4) is 5.75 Å². The van der Waals surface area contributed by atoms with Crippen LogP contribution in [0.5, 0.6) is 5.75 Å². The summed E-state index contributed by atoms with van der Waals surface area (Å²) in [5.41, 5.74) is 8.32. The van der Waals surface area contributed by atoms with Crippen molar-refractivity contribution in [3.63, 3.8) is 0 Å². The highest BCUT2D eigenvalue weighted by molar-refractivity contribution is 7.11. The standard InChI is InChI=1S/C16H22N2OS/c1-10(2)15-16(12(4)17)20-14(18-15)9-19-13-7-5-6-11(3)8-13/h5-8,10,12H,9,17H2,1-4H3. The zero-order chi connectivity index (χ0) is 14.7. The average Bonchev–Trinajstić information content (AvgIpc) is 2.81. The van der Waals surface area contributed by atoms with Gasteiger partial charge >= 0.3 is 0 Å². The summed E-state index contributed by atoms with van der Waals surface area (Å²) in [6, 6.07) is 8.08. The third-order valence-corrected chi connectivity index (χ3v) is 4.28. The van der Waals surface area contributed by atoms with Gasteiger partial charge in [-0.25, -0.2) is 4.98 Å². The van der Waals surface area contributed by atoms with E-state index in [1.165, 1.54) is 10.4 Å². The van der Waals surface area contributed by atoms with Crippen molar-refractivity contribution in [1.29, 1.82) is 0 Å². The number of nitrogens with zero attached hydrogens (tertiary/aromatic N) is 1. The van der Waals surface area contributed by atoms with E-state index in [0.717, 1.165) is 16.5 Å². The largest absolute Gasteiger partial charge is 0.486 e. The van der Waals surface area contributed by atoms with Crippen LogP contribution in [0, 0.1) is 6.92 Å². The molecule has 0 amide bonds. The molecule has 0 radical (unpaired) electrons. The maximum atomic E-state index is 6.02. The molecule has 0 saturated heterocycles. The normalized spacial score (nSPS) is 12.7. The number of hydrogen-bond acceptors (Lipinski definition) is 4. The minimum absolute atomic E-state index is 0.0256. The molecule has 20 heavy (non-hydrogen) atoms. The summed E-state index contributed by atoms with van der Waals surface area (Å²) in [7, 11) is 0. The van der Waals surface area contributed by atoms with Gasteiger partial charge in [0.05, 0.1) is 5.69 Å². The first-order valence-corrected chi connectivity index (χ1v) is 7.73. The van der Waals surface area contributed by atoms with Crippen molar-refractivity contribution < 1.29 is 4.74 Å². The number of hydrogen-bond donors (Lipinski definition) is 1. The molecule has 0 aliphatic rings. The van der Waals surface area contributed by atoms with Gasteiger partial charge in [-0.15, -0.1) is 11.3 Å².